The highest BCUT2D eigenvalue weighted by molar-refractivity contribution is 5.92. The van der Waals surface area contributed by atoms with Crippen LogP contribution >= 0.6 is 0 Å². The molecule has 0 aromatic carbocycles. The SMILES string of the molecule is O=C(NCc1ccccn1)[C@@H]1CCCN(C2CCN(C(=O)c3ccccn3)CC2)C1. The number of nitrogens with zero attached hydrogens (tertiary/aromatic N) is 4. The van der Waals surface area contributed by atoms with Crippen LogP contribution in [0.2, 0.25) is 0 Å². The van der Waals surface area contributed by atoms with E-state index in [1.165, 1.54) is 0 Å². The van der Waals surface area contributed by atoms with E-state index in [-0.39, 0.29) is 17.7 Å². The Morgan fingerprint density at radius 1 is 0.967 bits per heavy atom. The van der Waals surface area contributed by atoms with Crippen molar-refractivity contribution in [3.8, 4) is 0 Å². The fourth-order valence-corrected chi connectivity index (χ4v) is 4.46. The van der Waals surface area contributed by atoms with Gasteiger partial charge in [-0.05, 0) is 56.5 Å². The van der Waals surface area contributed by atoms with Gasteiger partial charge in [0.15, 0.2) is 0 Å². The first-order valence-electron chi connectivity index (χ1n) is 10.8. The molecule has 2 amide bonds. The van der Waals surface area contributed by atoms with Crippen molar-refractivity contribution >= 4 is 11.8 Å². The summed E-state index contributed by atoms with van der Waals surface area (Å²) in [6.45, 7) is 3.79. The molecule has 30 heavy (non-hydrogen) atoms. The first kappa shape index (κ1) is 20.5. The Hall–Kier alpha value is -2.80. The van der Waals surface area contributed by atoms with Crippen molar-refractivity contribution in [2.24, 2.45) is 5.92 Å². The Morgan fingerprint density at radius 2 is 1.73 bits per heavy atom. The molecule has 2 aliphatic rings. The Bertz CT molecular complexity index is 837. The number of piperidine rings is 2. The van der Waals surface area contributed by atoms with Crippen LogP contribution in [0.5, 0.6) is 0 Å². The second-order valence-electron chi connectivity index (χ2n) is 8.11. The van der Waals surface area contributed by atoms with Crippen molar-refractivity contribution in [1.82, 2.24) is 25.1 Å². The molecular formula is C23H29N5O2. The van der Waals surface area contributed by atoms with E-state index in [0.717, 1.165) is 57.6 Å². The second-order valence-corrected chi connectivity index (χ2v) is 8.11. The van der Waals surface area contributed by atoms with Gasteiger partial charge in [0.05, 0.1) is 18.2 Å². The standard InChI is InChI=1S/C23H29N5O2/c29-22(26-16-19-7-1-3-11-24-19)18-6-5-13-28(17-18)20-9-14-27(15-10-20)23(30)21-8-2-4-12-25-21/h1-4,7-8,11-12,18,20H,5-6,9-10,13-17H2,(H,26,29)/t18-/m1/s1. The third kappa shape index (κ3) is 5.02. The number of aromatic nitrogens is 2. The van der Waals surface area contributed by atoms with Crippen LogP contribution in [0.4, 0.5) is 0 Å². The van der Waals surface area contributed by atoms with Gasteiger partial charge in [0, 0.05) is 38.1 Å². The molecule has 2 saturated heterocycles. The normalized spacial score (nSPS) is 20.7. The minimum absolute atomic E-state index is 0.0134. The van der Waals surface area contributed by atoms with E-state index in [1.54, 1.807) is 18.5 Å². The summed E-state index contributed by atoms with van der Waals surface area (Å²) in [4.78, 5) is 38.1. The summed E-state index contributed by atoms with van der Waals surface area (Å²) in [5.74, 6) is 0.156. The van der Waals surface area contributed by atoms with Crippen molar-refractivity contribution in [3.63, 3.8) is 0 Å². The molecule has 1 atom stereocenters. The molecule has 7 heteroatoms. The maximum atomic E-state index is 12.7. The zero-order valence-corrected chi connectivity index (χ0v) is 17.2. The molecule has 2 aromatic rings. The van der Waals surface area contributed by atoms with Gasteiger partial charge in [-0.25, -0.2) is 0 Å². The first-order chi connectivity index (χ1) is 14.7. The number of rotatable bonds is 5. The molecule has 2 aliphatic heterocycles. The van der Waals surface area contributed by atoms with E-state index in [2.05, 4.69) is 20.2 Å². The second kappa shape index (κ2) is 9.80. The minimum atomic E-state index is 0.0134. The van der Waals surface area contributed by atoms with Crippen LogP contribution in [0.25, 0.3) is 0 Å². The smallest absolute Gasteiger partial charge is 0.272 e. The summed E-state index contributed by atoms with van der Waals surface area (Å²) in [5, 5.41) is 3.04. The Balaban J connectivity index is 1.26. The maximum absolute atomic E-state index is 12.7. The van der Waals surface area contributed by atoms with Gasteiger partial charge < -0.3 is 10.2 Å². The maximum Gasteiger partial charge on any atom is 0.272 e. The molecular weight excluding hydrogens is 378 g/mol. The van der Waals surface area contributed by atoms with Gasteiger partial charge in [-0.1, -0.05) is 12.1 Å². The number of carbonyl (C=O) groups is 2. The predicted octanol–water partition coefficient (Wildman–Crippen LogP) is 2.11. The lowest BCUT2D eigenvalue weighted by molar-refractivity contribution is -0.127. The summed E-state index contributed by atoms with van der Waals surface area (Å²) >= 11 is 0. The predicted molar refractivity (Wildman–Crippen MR) is 114 cm³/mol. The highest BCUT2D eigenvalue weighted by Gasteiger charge is 2.32. The summed E-state index contributed by atoms with van der Waals surface area (Å²) < 4.78 is 0. The van der Waals surface area contributed by atoms with Crippen molar-refractivity contribution in [1.29, 1.82) is 0 Å². The lowest BCUT2D eigenvalue weighted by Gasteiger charge is -2.42. The van der Waals surface area contributed by atoms with E-state index in [1.807, 2.05) is 35.2 Å². The van der Waals surface area contributed by atoms with Gasteiger partial charge in [0.1, 0.15) is 5.69 Å². The van der Waals surface area contributed by atoms with Crippen LogP contribution < -0.4 is 5.32 Å². The number of likely N-dealkylation sites (tertiary alicyclic amines) is 2. The van der Waals surface area contributed by atoms with E-state index < -0.39 is 0 Å². The Labute approximate surface area is 177 Å². The molecule has 0 spiro atoms. The van der Waals surface area contributed by atoms with Crippen molar-refractivity contribution < 1.29 is 9.59 Å². The highest BCUT2D eigenvalue weighted by Crippen LogP contribution is 2.24. The van der Waals surface area contributed by atoms with Crippen molar-refractivity contribution in [2.75, 3.05) is 26.2 Å². The molecule has 0 unspecified atom stereocenters. The summed E-state index contributed by atoms with van der Waals surface area (Å²) in [6.07, 6.45) is 7.26. The largest absolute Gasteiger partial charge is 0.350 e. The van der Waals surface area contributed by atoms with Gasteiger partial charge in [0.2, 0.25) is 5.91 Å². The fraction of sp³-hybridized carbons (Fsp3) is 0.478. The van der Waals surface area contributed by atoms with Crippen LogP contribution in [0.15, 0.2) is 48.8 Å². The molecule has 0 radical (unpaired) electrons. The molecule has 2 aromatic heterocycles. The average Bonchev–Trinajstić information content (AvgIpc) is 2.83. The fourth-order valence-electron chi connectivity index (χ4n) is 4.46. The van der Waals surface area contributed by atoms with Gasteiger partial charge >= 0.3 is 0 Å². The number of carbonyl (C=O) groups excluding carboxylic acids is 2. The van der Waals surface area contributed by atoms with E-state index >= 15 is 0 Å². The van der Waals surface area contributed by atoms with Crippen LogP contribution in [0.1, 0.15) is 41.9 Å². The molecule has 4 rings (SSSR count). The summed E-state index contributed by atoms with van der Waals surface area (Å²) in [5.41, 5.74) is 1.39. The molecule has 2 fully saturated rings. The molecule has 7 nitrogen and oxygen atoms in total. The number of hydrogen-bond acceptors (Lipinski definition) is 5. The molecule has 1 N–H and O–H groups in total. The molecule has 0 aliphatic carbocycles. The Morgan fingerprint density at radius 3 is 2.43 bits per heavy atom. The summed E-state index contributed by atoms with van der Waals surface area (Å²) in [7, 11) is 0. The van der Waals surface area contributed by atoms with Crippen LogP contribution in [-0.4, -0.2) is 63.8 Å². The van der Waals surface area contributed by atoms with Gasteiger partial charge in [-0.15, -0.1) is 0 Å². The molecule has 158 valence electrons. The third-order valence-corrected chi connectivity index (χ3v) is 6.15. The topological polar surface area (TPSA) is 78.4 Å². The molecule has 0 bridgehead atoms. The zero-order chi connectivity index (χ0) is 20.8. The molecule has 0 saturated carbocycles. The van der Waals surface area contributed by atoms with E-state index in [4.69, 9.17) is 0 Å². The molecule has 4 heterocycles. The van der Waals surface area contributed by atoms with Crippen LogP contribution in [-0.2, 0) is 11.3 Å². The van der Waals surface area contributed by atoms with Crippen molar-refractivity contribution in [2.45, 2.75) is 38.3 Å². The minimum Gasteiger partial charge on any atom is -0.350 e. The van der Waals surface area contributed by atoms with Crippen LogP contribution in [0.3, 0.4) is 0 Å². The number of hydrogen-bond donors (Lipinski definition) is 1. The Kier molecular flexibility index (Phi) is 6.69. The number of pyridine rings is 2. The lowest BCUT2D eigenvalue weighted by atomic mass is 9.93. The van der Waals surface area contributed by atoms with E-state index in [9.17, 15) is 9.59 Å². The average molecular weight is 408 g/mol. The quantitative estimate of drug-likeness (QED) is 0.821. The van der Waals surface area contributed by atoms with Gasteiger partial charge in [-0.3, -0.25) is 24.5 Å². The van der Waals surface area contributed by atoms with Gasteiger partial charge in [0.25, 0.3) is 5.91 Å². The van der Waals surface area contributed by atoms with E-state index in [0.29, 0.717) is 18.3 Å². The highest BCUT2D eigenvalue weighted by atomic mass is 16.2. The van der Waals surface area contributed by atoms with Crippen LogP contribution in [0, 0.1) is 5.92 Å². The summed E-state index contributed by atoms with van der Waals surface area (Å²) in [6, 6.07) is 11.6. The monoisotopic (exact) mass is 407 g/mol. The number of amides is 2. The zero-order valence-electron chi connectivity index (χ0n) is 17.2. The van der Waals surface area contributed by atoms with Crippen molar-refractivity contribution in [3.05, 3.63) is 60.2 Å². The third-order valence-electron chi connectivity index (χ3n) is 6.15. The first-order valence-corrected chi connectivity index (χ1v) is 10.8. The number of nitrogens with one attached hydrogen (secondary N) is 1. The lowest BCUT2D eigenvalue weighted by Crippen LogP contribution is -2.51. The van der Waals surface area contributed by atoms with Gasteiger partial charge in [-0.2, -0.15) is 0 Å².